The predicted octanol–water partition coefficient (Wildman–Crippen LogP) is 3.31. The van der Waals surface area contributed by atoms with E-state index in [4.69, 9.17) is 10.5 Å². The quantitative estimate of drug-likeness (QED) is 0.734. The van der Waals surface area contributed by atoms with E-state index in [9.17, 15) is 4.79 Å². The molecule has 3 N–H and O–H groups in total. The Balaban J connectivity index is 4.48. The Bertz CT molecular complexity index is 390. The van der Waals surface area contributed by atoms with Crippen molar-refractivity contribution in [2.45, 2.75) is 52.7 Å². The van der Waals surface area contributed by atoms with Crippen LogP contribution in [0, 0.1) is 0 Å². The van der Waals surface area contributed by atoms with Crippen LogP contribution in [0.4, 0.5) is 4.79 Å². The molecule has 4 nitrogen and oxygen atoms in total. The van der Waals surface area contributed by atoms with Crippen molar-refractivity contribution in [3.05, 3.63) is 36.0 Å². The van der Waals surface area contributed by atoms with Crippen LogP contribution in [0.5, 0.6) is 0 Å². The van der Waals surface area contributed by atoms with Gasteiger partial charge < -0.3 is 15.8 Å². The molecule has 1 unspecified atom stereocenters. The average Bonchev–Trinajstić information content (AvgIpc) is 2.32. The van der Waals surface area contributed by atoms with E-state index >= 15 is 0 Å². The van der Waals surface area contributed by atoms with E-state index in [1.807, 2.05) is 46.8 Å². The molecule has 1 atom stereocenters. The third kappa shape index (κ3) is 9.39. The second-order valence-electron chi connectivity index (χ2n) is 5.91. The van der Waals surface area contributed by atoms with Crippen LogP contribution in [0.2, 0.25) is 0 Å². The molecule has 0 spiro atoms. The van der Waals surface area contributed by atoms with Crippen LogP contribution in [0.15, 0.2) is 36.0 Å². The Morgan fingerprint density at radius 2 is 1.95 bits per heavy atom. The monoisotopic (exact) mass is 280 g/mol. The second-order valence-corrected chi connectivity index (χ2v) is 5.91. The van der Waals surface area contributed by atoms with Gasteiger partial charge in [-0.3, -0.25) is 0 Å². The molecule has 0 aliphatic rings. The maximum atomic E-state index is 11.7. The summed E-state index contributed by atoms with van der Waals surface area (Å²) in [6.07, 6.45) is 6.05. The summed E-state index contributed by atoms with van der Waals surface area (Å²) < 4.78 is 5.22. The Hall–Kier alpha value is -1.55. The van der Waals surface area contributed by atoms with Gasteiger partial charge in [0.2, 0.25) is 0 Å². The van der Waals surface area contributed by atoms with E-state index in [2.05, 4.69) is 11.9 Å². The highest BCUT2D eigenvalue weighted by molar-refractivity contribution is 5.68. The molecule has 0 aromatic heterocycles. The number of allylic oxidation sites excluding steroid dienone is 4. The van der Waals surface area contributed by atoms with Crippen LogP contribution in [-0.2, 0) is 4.74 Å². The van der Waals surface area contributed by atoms with Gasteiger partial charge in [0.15, 0.2) is 0 Å². The average molecular weight is 280 g/mol. The fourth-order valence-corrected chi connectivity index (χ4v) is 1.47. The topological polar surface area (TPSA) is 64.3 Å². The lowest BCUT2D eigenvalue weighted by molar-refractivity contribution is 0.0506. The molecular weight excluding hydrogens is 252 g/mol. The number of amides is 1. The summed E-state index contributed by atoms with van der Waals surface area (Å²) in [4.78, 5) is 11.7. The van der Waals surface area contributed by atoms with E-state index in [1.165, 1.54) is 0 Å². The first kappa shape index (κ1) is 18.4. The molecule has 0 aromatic carbocycles. The highest BCUT2D eigenvalue weighted by Gasteiger charge is 2.18. The Morgan fingerprint density at radius 3 is 2.40 bits per heavy atom. The Kier molecular flexibility index (Phi) is 7.92. The van der Waals surface area contributed by atoms with Crippen molar-refractivity contribution in [1.82, 2.24) is 5.32 Å². The van der Waals surface area contributed by atoms with Crippen molar-refractivity contribution >= 4 is 6.09 Å². The number of nitrogens with two attached hydrogens (primary N) is 1. The van der Waals surface area contributed by atoms with Gasteiger partial charge in [0, 0.05) is 12.6 Å². The van der Waals surface area contributed by atoms with E-state index in [0.717, 1.165) is 11.1 Å². The molecule has 0 saturated heterocycles. The van der Waals surface area contributed by atoms with Gasteiger partial charge in [0.05, 0.1) is 0 Å². The standard InChI is InChI=1S/C16H28N2O2/c1-7-12(2)8-9-13(3)10-14(11-17)18-15(19)20-16(4,5)6/h7-9,14H,1,10-11,17H2,2-6H3,(H,18,19)/b12-8-,13-9+. The summed E-state index contributed by atoms with van der Waals surface area (Å²) in [6, 6.07) is -0.126. The van der Waals surface area contributed by atoms with Gasteiger partial charge in [-0.1, -0.05) is 36.0 Å². The zero-order valence-electron chi connectivity index (χ0n) is 13.3. The van der Waals surface area contributed by atoms with Gasteiger partial charge in [-0.2, -0.15) is 0 Å². The van der Waals surface area contributed by atoms with E-state index in [1.54, 1.807) is 6.08 Å². The molecule has 20 heavy (non-hydrogen) atoms. The van der Waals surface area contributed by atoms with Crippen molar-refractivity contribution in [2.24, 2.45) is 5.73 Å². The third-order valence-corrected chi connectivity index (χ3v) is 2.53. The fourth-order valence-electron chi connectivity index (χ4n) is 1.47. The number of hydrogen-bond acceptors (Lipinski definition) is 3. The highest BCUT2D eigenvalue weighted by Crippen LogP contribution is 2.09. The molecule has 0 radical (unpaired) electrons. The number of ether oxygens (including phenoxy) is 1. The van der Waals surface area contributed by atoms with Crippen molar-refractivity contribution < 1.29 is 9.53 Å². The first-order chi connectivity index (χ1) is 9.17. The lowest BCUT2D eigenvalue weighted by Crippen LogP contribution is -2.43. The summed E-state index contributed by atoms with van der Waals surface area (Å²) in [6.45, 7) is 13.6. The smallest absolute Gasteiger partial charge is 0.407 e. The molecule has 0 rings (SSSR count). The molecule has 1 amide bonds. The van der Waals surface area contributed by atoms with Gasteiger partial charge in [-0.25, -0.2) is 4.79 Å². The molecule has 0 bridgehead atoms. The molecule has 0 heterocycles. The number of carbonyl (C=O) groups is 1. The van der Waals surface area contributed by atoms with Gasteiger partial charge in [-0.15, -0.1) is 0 Å². The first-order valence-electron chi connectivity index (χ1n) is 6.84. The van der Waals surface area contributed by atoms with Gasteiger partial charge in [-0.05, 0) is 41.0 Å². The zero-order chi connectivity index (χ0) is 15.8. The fraction of sp³-hybridized carbons (Fsp3) is 0.562. The summed E-state index contributed by atoms with van der Waals surface area (Å²) in [5.74, 6) is 0. The van der Waals surface area contributed by atoms with Gasteiger partial charge >= 0.3 is 6.09 Å². The zero-order valence-corrected chi connectivity index (χ0v) is 13.3. The van der Waals surface area contributed by atoms with Crippen LogP contribution in [0.25, 0.3) is 0 Å². The van der Waals surface area contributed by atoms with Crippen molar-refractivity contribution in [3.63, 3.8) is 0 Å². The van der Waals surface area contributed by atoms with E-state index in [-0.39, 0.29) is 6.04 Å². The van der Waals surface area contributed by atoms with Crippen LogP contribution >= 0.6 is 0 Å². The summed E-state index contributed by atoms with van der Waals surface area (Å²) in [5.41, 5.74) is 7.41. The Morgan fingerprint density at radius 1 is 1.35 bits per heavy atom. The van der Waals surface area contributed by atoms with Gasteiger partial charge in [0.1, 0.15) is 5.60 Å². The minimum absolute atomic E-state index is 0.126. The molecule has 114 valence electrons. The summed E-state index contributed by atoms with van der Waals surface area (Å²) in [7, 11) is 0. The molecular formula is C16H28N2O2. The van der Waals surface area contributed by atoms with Crippen LogP contribution in [-0.4, -0.2) is 24.3 Å². The molecule has 0 fully saturated rings. The van der Waals surface area contributed by atoms with E-state index < -0.39 is 11.7 Å². The molecule has 0 aliphatic heterocycles. The van der Waals surface area contributed by atoms with Crippen LogP contribution < -0.4 is 11.1 Å². The number of alkyl carbamates (subject to hydrolysis) is 1. The maximum absolute atomic E-state index is 11.7. The summed E-state index contributed by atoms with van der Waals surface area (Å²) in [5, 5.41) is 2.79. The first-order valence-corrected chi connectivity index (χ1v) is 6.84. The normalized spacial score (nSPS) is 14.7. The van der Waals surface area contributed by atoms with Crippen molar-refractivity contribution in [1.29, 1.82) is 0 Å². The minimum Gasteiger partial charge on any atom is -0.444 e. The van der Waals surface area contributed by atoms with Crippen molar-refractivity contribution in [3.8, 4) is 0 Å². The summed E-state index contributed by atoms with van der Waals surface area (Å²) >= 11 is 0. The molecule has 4 heteroatoms. The highest BCUT2D eigenvalue weighted by atomic mass is 16.6. The lowest BCUT2D eigenvalue weighted by Gasteiger charge is -2.23. The number of hydrogen-bond donors (Lipinski definition) is 2. The van der Waals surface area contributed by atoms with Gasteiger partial charge in [0.25, 0.3) is 0 Å². The molecule has 0 saturated carbocycles. The predicted molar refractivity (Wildman–Crippen MR) is 84.5 cm³/mol. The number of carbonyl (C=O) groups excluding carboxylic acids is 1. The van der Waals surface area contributed by atoms with E-state index in [0.29, 0.717) is 13.0 Å². The van der Waals surface area contributed by atoms with Crippen LogP contribution in [0.1, 0.15) is 41.0 Å². The molecule has 0 aromatic rings. The lowest BCUT2D eigenvalue weighted by atomic mass is 10.1. The molecule has 0 aliphatic carbocycles. The number of rotatable bonds is 6. The second kappa shape index (κ2) is 8.59. The Labute approximate surface area is 122 Å². The third-order valence-electron chi connectivity index (χ3n) is 2.53. The van der Waals surface area contributed by atoms with Crippen LogP contribution in [0.3, 0.4) is 0 Å². The maximum Gasteiger partial charge on any atom is 0.407 e. The largest absolute Gasteiger partial charge is 0.444 e. The number of nitrogens with one attached hydrogen (secondary N) is 1. The minimum atomic E-state index is -0.502. The van der Waals surface area contributed by atoms with Crippen molar-refractivity contribution in [2.75, 3.05) is 6.54 Å². The SMILES string of the molecule is C=C/C(C)=C\C=C(/C)CC(CN)NC(=O)OC(C)(C)C.